The number of ether oxygens (including phenoxy) is 2. The van der Waals surface area contributed by atoms with Crippen molar-refractivity contribution in [3.8, 4) is 12.3 Å². The van der Waals surface area contributed by atoms with Crippen molar-refractivity contribution in [3.63, 3.8) is 0 Å². The Labute approximate surface area is 311 Å². The summed E-state index contributed by atoms with van der Waals surface area (Å²) < 4.78 is 35.5. The van der Waals surface area contributed by atoms with Crippen LogP contribution < -0.4 is 4.89 Å². The van der Waals surface area contributed by atoms with E-state index in [-0.39, 0.29) is 19.8 Å². The van der Waals surface area contributed by atoms with E-state index in [4.69, 9.17) is 24.9 Å². The predicted octanol–water partition coefficient (Wildman–Crippen LogP) is 11.6. The van der Waals surface area contributed by atoms with E-state index in [1.807, 2.05) is 14.1 Å². The Morgan fingerprint density at radius 3 is 1.20 bits per heavy atom. The monoisotopic (exact) mass is 730 g/mol. The van der Waals surface area contributed by atoms with Crippen LogP contribution in [0.3, 0.4) is 0 Å². The molecule has 50 heavy (non-hydrogen) atoms. The first-order valence-corrected chi connectivity index (χ1v) is 22.8. The van der Waals surface area contributed by atoms with Crippen LogP contribution in [0.5, 0.6) is 0 Å². The highest BCUT2D eigenvalue weighted by molar-refractivity contribution is 7.45. The Hall–Kier alpha value is -0.450. The molecule has 1 atom stereocenters. The Morgan fingerprint density at radius 2 is 0.880 bits per heavy atom. The minimum Gasteiger partial charge on any atom is -0.756 e. The molecule has 298 valence electrons. The molecule has 0 aromatic rings. The lowest BCUT2D eigenvalue weighted by Crippen LogP contribution is -2.42. The molecule has 0 fully saturated rings. The zero-order chi connectivity index (χ0) is 36.9. The quantitative estimate of drug-likeness (QED) is 0.0270. The lowest BCUT2D eigenvalue weighted by molar-refractivity contribution is -0.883. The Morgan fingerprint density at radius 1 is 0.560 bits per heavy atom. The zero-order valence-corrected chi connectivity index (χ0v) is 34.6. The summed E-state index contributed by atoms with van der Waals surface area (Å²) in [4.78, 5) is 12.7. The molecule has 7 nitrogen and oxygen atoms in total. The van der Waals surface area contributed by atoms with E-state index in [9.17, 15) is 9.46 Å². The molecule has 0 radical (unpaired) electrons. The van der Waals surface area contributed by atoms with Gasteiger partial charge in [0.05, 0.1) is 27.3 Å². The van der Waals surface area contributed by atoms with Gasteiger partial charge in [0.2, 0.25) is 0 Å². The highest BCUT2D eigenvalue weighted by atomic mass is 31.2. The van der Waals surface area contributed by atoms with Gasteiger partial charge in [-0.1, -0.05) is 181 Å². The second kappa shape index (κ2) is 36.9. The van der Waals surface area contributed by atoms with Gasteiger partial charge >= 0.3 is 0 Å². The fourth-order valence-electron chi connectivity index (χ4n) is 6.27. The van der Waals surface area contributed by atoms with Gasteiger partial charge in [-0.15, -0.1) is 6.42 Å². The van der Waals surface area contributed by atoms with Gasteiger partial charge in [-0.2, -0.15) is 0 Å². The van der Waals surface area contributed by atoms with E-state index in [0.29, 0.717) is 30.8 Å². The SMILES string of the molecule is C#CC[N+](C)(C)CCOP(=O)([O-])OC(COCCCCCCCCCCCCCCCC)COCCCCCCCCCCCCCCCC. The van der Waals surface area contributed by atoms with Gasteiger partial charge in [0.25, 0.3) is 7.82 Å². The number of terminal acetylenes is 1. The molecule has 0 spiro atoms. The van der Waals surface area contributed by atoms with Crippen LogP contribution in [-0.2, 0) is 23.1 Å². The molecule has 1 unspecified atom stereocenters. The van der Waals surface area contributed by atoms with Crippen LogP contribution in [-0.4, -0.2) is 70.8 Å². The average molecular weight is 730 g/mol. The summed E-state index contributed by atoms with van der Waals surface area (Å²) >= 11 is 0. The van der Waals surface area contributed by atoms with Gasteiger partial charge in [0.1, 0.15) is 25.8 Å². The Kier molecular flexibility index (Phi) is 36.6. The molecule has 0 saturated heterocycles. The molecule has 0 aromatic carbocycles. The largest absolute Gasteiger partial charge is 0.756 e. The number of hydrogen-bond donors (Lipinski definition) is 0. The molecule has 0 amide bonds. The molecule has 0 aliphatic rings. The molecule has 0 saturated carbocycles. The number of quaternary nitrogens is 1. The van der Waals surface area contributed by atoms with Crippen LogP contribution in [0.1, 0.15) is 194 Å². The third-order valence-electron chi connectivity index (χ3n) is 9.64. The summed E-state index contributed by atoms with van der Waals surface area (Å²) in [5, 5.41) is 0. The van der Waals surface area contributed by atoms with E-state index in [2.05, 4.69) is 19.8 Å². The van der Waals surface area contributed by atoms with Crippen molar-refractivity contribution in [1.82, 2.24) is 0 Å². The van der Waals surface area contributed by atoms with Gasteiger partial charge in [0, 0.05) is 13.2 Å². The molecule has 8 heteroatoms. The summed E-state index contributed by atoms with van der Waals surface area (Å²) in [5.41, 5.74) is 0. The highest BCUT2D eigenvalue weighted by Gasteiger charge is 2.21. The van der Waals surface area contributed by atoms with Crippen LogP contribution in [0.15, 0.2) is 0 Å². The minimum absolute atomic E-state index is 0.0159. The fourth-order valence-corrected chi connectivity index (χ4v) is 7.13. The average Bonchev–Trinajstić information content (AvgIpc) is 3.07. The number of nitrogens with zero attached hydrogens (tertiary/aromatic N) is 1. The molecule has 0 bridgehead atoms. The van der Waals surface area contributed by atoms with Crippen molar-refractivity contribution in [2.24, 2.45) is 0 Å². The van der Waals surface area contributed by atoms with E-state index in [0.717, 1.165) is 25.7 Å². The van der Waals surface area contributed by atoms with Crippen LogP contribution >= 0.6 is 7.82 Å². The van der Waals surface area contributed by atoms with Crippen molar-refractivity contribution >= 4 is 7.82 Å². The predicted molar refractivity (Wildman–Crippen MR) is 211 cm³/mol. The lowest BCUT2D eigenvalue weighted by atomic mass is 10.0. The maximum atomic E-state index is 12.7. The fraction of sp³-hybridized carbons (Fsp3) is 0.952. The highest BCUT2D eigenvalue weighted by Crippen LogP contribution is 2.40. The zero-order valence-electron chi connectivity index (χ0n) is 33.7. The molecule has 0 aliphatic heterocycles. The van der Waals surface area contributed by atoms with Crippen LogP contribution in [0.2, 0.25) is 0 Å². The number of likely N-dealkylation sites (N-methyl/N-ethyl adjacent to an activating group) is 1. The summed E-state index contributed by atoms with van der Waals surface area (Å²) in [6, 6.07) is 0. The number of phosphoric ester groups is 1. The second-order valence-electron chi connectivity index (χ2n) is 15.4. The van der Waals surface area contributed by atoms with Crippen LogP contribution in [0, 0.1) is 12.3 Å². The lowest BCUT2D eigenvalue weighted by Gasteiger charge is -2.31. The first-order chi connectivity index (χ1) is 24.3. The maximum Gasteiger partial charge on any atom is 0.268 e. The Bertz CT molecular complexity index is 753. The number of unbranched alkanes of at least 4 members (excludes halogenated alkanes) is 26. The van der Waals surface area contributed by atoms with Gasteiger partial charge in [-0.05, 0) is 18.8 Å². The summed E-state index contributed by atoms with van der Waals surface area (Å²) in [7, 11) is -0.621. The molecule has 0 aromatic heterocycles. The van der Waals surface area contributed by atoms with Crippen LogP contribution in [0.25, 0.3) is 0 Å². The van der Waals surface area contributed by atoms with E-state index in [1.165, 1.54) is 154 Å². The van der Waals surface area contributed by atoms with Gasteiger partial charge in [-0.25, -0.2) is 0 Å². The van der Waals surface area contributed by atoms with Gasteiger partial charge in [0.15, 0.2) is 0 Å². The third kappa shape index (κ3) is 37.3. The van der Waals surface area contributed by atoms with Gasteiger partial charge in [-0.3, -0.25) is 4.57 Å². The van der Waals surface area contributed by atoms with Crippen molar-refractivity contribution in [1.29, 1.82) is 0 Å². The van der Waals surface area contributed by atoms with Crippen LogP contribution in [0.4, 0.5) is 0 Å². The van der Waals surface area contributed by atoms with Crippen molar-refractivity contribution < 1.29 is 32.5 Å². The third-order valence-corrected chi connectivity index (χ3v) is 10.7. The summed E-state index contributed by atoms with van der Waals surface area (Å²) in [6.07, 6.45) is 41.4. The van der Waals surface area contributed by atoms with E-state index in [1.54, 1.807) is 0 Å². The van der Waals surface area contributed by atoms with E-state index < -0.39 is 13.9 Å². The molecule has 0 heterocycles. The van der Waals surface area contributed by atoms with Crippen molar-refractivity contribution in [3.05, 3.63) is 0 Å². The molecule has 0 rings (SSSR count). The first-order valence-electron chi connectivity index (χ1n) is 21.3. The van der Waals surface area contributed by atoms with Crippen molar-refractivity contribution in [2.75, 3.05) is 60.2 Å². The maximum absolute atomic E-state index is 12.7. The summed E-state index contributed by atoms with van der Waals surface area (Å²) in [6.45, 7) is 7.06. The number of hydrogen-bond acceptors (Lipinski definition) is 6. The van der Waals surface area contributed by atoms with E-state index >= 15 is 0 Å². The first kappa shape index (κ1) is 49.6. The molecule has 0 aliphatic carbocycles. The smallest absolute Gasteiger partial charge is 0.268 e. The second-order valence-corrected chi connectivity index (χ2v) is 16.7. The minimum atomic E-state index is -4.51. The number of rotatable bonds is 41. The molecular formula is C42H84NO6P. The number of phosphoric acid groups is 1. The standard InChI is InChI=1S/C42H84NO6P/c1-6-9-11-13-15-17-19-21-23-25-27-29-31-33-37-46-40-42(49-50(44,45)48-39-36-43(4,5)35-8-3)41-47-38-34-32-30-28-26-24-22-20-18-16-14-12-10-7-2/h3,42H,6-7,9-41H2,1-2,4-5H3. The molecule has 0 N–H and O–H groups in total. The topological polar surface area (TPSA) is 77.1 Å². The normalized spacial score (nSPS) is 13.2. The Balaban J connectivity index is 4.18. The van der Waals surface area contributed by atoms with Gasteiger partial charge < -0.3 is 27.9 Å². The molecular weight excluding hydrogens is 645 g/mol. The summed E-state index contributed by atoms with van der Waals surface area (Å²) in [5.74, 6) is 2.62. The van der Waals surface area contributed by atoms with Crippen molar-refractivity contribution in [2.45, 2.75) is 200 Å².